The summed E-state index contributed by atoms with van der Waals surface area (Å²) in [6.45, 7) is 8.80. The molecule has 0 fully saturated rings. The van der Waals surface area contributed by atoms with Gasteiger partial charge in [-0.25, -0.2) is 4.79 Å². The average molecular weight is 300 g/mol. The van der Waals surface area contributed by atoms with E-state index in [1.807, 2.05) is 0 Å². The van der Waals surface area contributed by atoms with Crippen LogP contribution in [0.25, 0.3) is 0 Å². The van der Waals surface area contributed by atoms with Crippen LogP contribution >= 0.6 is 0 Å². The first kappa shape index (κ1) is 19.6. The molecule has 0 spiro atoms. The third-order valence-corrected chi connectivity index (χ3v) is 2.11. The minimum absolute atomic E-state index is 0.215. The Morgan fingerprint density at radius 2 is 1.33 bits per heavy atom. The van der Waals surface area contributed by atoms with Crippen molar-refractivity contribution in [1.29, 1.82) is 0 Å². The minimum atomic E-state index is -0.404. The third kappa shape index (κ3) is 14.8. The van der Waals surface area contributed by atoms with Gasteiger partial charge in [0.1, 0.15) is 13.2 Å². The highest BCUT2D eigenvalue weighted by Gasteiger charge is 2.01. The Bertz CT molecular complexity index is 321. The summed E-state index contributed by atoms with van der Waals surface area (Å²) in [5.74, 6) is 1.97. The summed E-state index contributed by atoms with van der Waals surface area (Å²) < 4.78 is 25.6. The molecule has 0 aliphatic carbocycles. The molecule has 0 aliphatic rings. The highest BCUT2D eigenvalue weighted by molar-refractivity contribution is 5.86. The van der Waals surface area contributed by atoms with Gasteiger partial charge in [0.15, 0.2) is 0 Å². The van der Waals surface area contributed by atoms with Gasteiger partial charge in [-0.2, -0.15) is 0 Å². The summed E-state index contributed by atoms with van der Waals surface area (Å²) in [5, 5.41) is 0. The monoisotopic (exact) mass is 300 g/mol. The maximum absolute atomic E-state index is 11.0. The molecular formula is C15H24O6. The van der Waals surface area contributed by atoms with Crippen molar-refractivity contribution in [1.82, 2.24) is 0 Å². The molecule has 0 heterocycles. The molecule has 0 aromatic heterocycles. The molecule has 120 valence electrons. The quantitative estimate of drug-likeness (QED) is 0.205. The fourth-order valence-corrected chi connectivity index (χ4v) is 1.11. The summed E-state index contributed by atoms with van der Waals surface area (Å²) in [7, 11) is 0. The van der Waals surface area contributed by atoms with Gasteiger partial charge in [0, 0.05) is 5.57 Å². The van der Waals surface area contributed by atoms with E-state index in [9.17, 15) is 4.79 Å². The van der Waals surface area contributed by atoms with Crippen LogP contribution in [0.5, 0.6) is 0 Å². The molecule has 0 aromatic rings. The molecule has 0 bridgehead atoms. The zero-order chi connectivity index (χ0) is 15.8. The lowest BCUT2D eigenvalue weighted by molar-refractivity contribution is -0.140. The summed E-state index contributed by atoms with van der Waals surface area (Å²) in [6, 6.07) is 0. The lowest BCUT2D eigenvalue weighted by atomic mass is 10.4. The van der Waals surface area contributed by atoms with Gasteiger partial charge in [-0.3, -0.25) is 0 Å². The largest absolute Gasteiger partial charge is 0.460 e. The topological polar surface area (TPSA) is 63.2 Å². The number of ether oxygens (including phenoxy) is 5. The maximum Gasteiger partial charge on any atom is 0.333 e. The van der Waals surface area contributed by atoms with Crippen LogP contribution in [0, 0.1) is 12.3 Å². The van der Waals surface area contributed by atoms with E-state index in [2.05, 4.69) is 12.5 Å². The predicted octanol–water partition coefficient (Wildman–Crippen LogP) is 0.805. The molecular weight excluding hydrogens is 276 g/mol. The van der Waals surface area contributed by atoms with Crippen molar-refractivity contribution >= 4 is 5.97 Å². The Hall–Kier alpha value is -1.39. The minimum Gasteiger partial charge on any atom is -0.460 e. The highest BCUT2D eigenvalue weighted by atomic mass is 16.6. The molecule has 0 aliphatic heterocycles. The summed E-state index contributed by atoms with van der Waals surface area (Å²) >= 11 is 0. The van der Waals surface area contributed by atoms with E-state index in [1.165, 1.54) is 0 Å². The van der Waals surface area contributed by atoms with Crippen LogP contribution in [0.3, 0.4) is 0 Å². The SMILES string of the molecule is C#CCOCCOCCOCCOCCOC(=O)C(=C)C. The Morgan fingerprint density at radius 1 is 0.905 bits per heavy atom. The van der Waals surface area contributed by atoms with E-state index in [-0.39, 0.29) is 6.61 Å². The summed E-state index contributed by atoms with van der Waals surface area (Å²) in [6.07, 6.45) is 5.02. The van der Waals surface area contributed by atoms with E-state index >= 15 is 0 Å². The lowest BCUT2D eigenvalue weighted by Crippen LogP contribution is -2.14. The Balaban J connectivity index is 3.08. The van der Waals surface area contributed by atoms with Crippen molar-refractivity contribution in [3.63, 3.8) is 0 Å². The molecule has 6 nitrogen and oxygen atoms in total. The predicted molar refractivity (Wildman–Crippen MR) is 77.9 cm³/mol. The third-order valence-electron chi connectivity index (χ3n) is 2.11. The van der Waals surface area contributed by atoms with Gasteiger partial charge in [-0.15, -0.1) is 6.42 Å². The van der Waals surface area contributed by atoms with E-state index in [4.69, 9.17) is 30.1 Å². The second-order valence-electron chi connectivity index (χ2n) is 4.01. The molecule has 0 saturated heterocycles. The highest BCUT2D eigenvalue weighted by Crippen LogP contribution is 1.91. The number of carbonyl (C=O) groups is 1. The molecule has 0 rings (SSSR count). The molecule has 21 heavy (non-hydrogen) atoms. The first-order valence-electron chi connectivity index (χ1n) is 6.75. The fourth-order valence-electron chi connectivity index (χ4n) is 1.11. The van der Waals surface area contributed by atoms with Crippen LogP contribution in [0.1, 0.15) is 6.92 Å². The van der Waals surface area contributed by atoms with Gasteiger partial charge >= 0.3 is 5.97 Å². The maximum atomic E-state index is 11.0. The van der Waals surface area contributed by atoms with Crippen LogP contribution in [-0.4, -0.2) is 65.4 Å². The van der Waals surface area contributed by atoms with Crippen molar-refractivity contribution in [3.8, 4) is 12.3 Å². The van der Waals surface area contributed by atoms with Gasteiger partial charge in [0.25, 0.3) is 0 Å². The van der Waals surface area contributed by atoms with Gasteiger partial charge in [0.2, 0.25) is 0 Å². The number of esters is 1. The molecule has 0 radical (unpaired) electrons. The normalized spacial score (nSPS) is 10.1. The van der Waals surface area contributed by atoms with Crippen LogP contribution in [0.2, 0.25) is 0 Å². The van der Waals surface area contributed by atoms with E-state index < -0.39 is 5.97 Å². The molecule has 6 heteroatoms. The fraction of sp³-hybridized carbons (Fsp3) is 0.667. The number of carbonyl (C=O) groups excluding carboxylic acids is 1. The zero-order valence-electron chi connectivity index (χ0n) is 12.6. The van der Waals surface area contributed by atoms with Crippen LogP contribution in [0.4, 0.5) is 0 Å². The average Bonchev–Trinajstić information content (AvgIpc) is 2.47. The van der Waals surface area contributed by atoms with Crippen LogP contribution < -0.4 is 0 Å². The van der Waals surface area contributed by atoms with Crippen LogP contribution in [-0.2, 0) is 28.5 Å². The molecule has 0 unspecified atom stereocenters. The van der Waals surface area contributed by atoms with Gasteiger partial charge in [0.05, 0.1) is 46.2 Å². The lowest BCUT2D eigenvalue weighted by Gasteiger charge is -2.07. The molecule has 0 N–H and O–H groups in total. The smallest absolute Gasteiger partial charge is 0.333 e. The van der Waals surface area contributed by atoms with Crippen molar-refractivity contribution < 1.29 is 28.5 Å². The molecule has 0 aromatic carbocycles. The van der Waals surface area contributed by atoms with Crippen molar-refractivity contribution in [2.75, 3.05) is 59.5 Å². The summed E-state index contributed by atoms with van der Waals surface area (Å²) in [4.78, 5) is 11.0. The van der Waals surface area contributed by atoms with Crippen molar-refractivity contribution in [2.24, 2.45) is 0 Å². The van der Waals surface area contributed by atoms with Gasteiger partial charge in [-0.05, 0) is 6.92 Å². The van der Waals surface area contributed by atoms with Gasteiger partial charge in [-0.1, -0.05) is 12.5 Å². The van der Waals surface area contributed by atoms with Crippen LogP contribution in [0.15, 0.2) is 12.2 Å². The van der Waals surface area contributed by atoms with E-state index in [0.29, 0.717) is 58.4 Å². The Kier molecular flexibility index (Phi) is 14.0. The molecule has 0 atom stereocenters. The first-order valence-corrected chi connectivity index (χ1v) is 6.75. The number of terminal acetylenes is 1. The van der Waals surface area contributed by atoms with E-state index in [1.54, 1.807) is 6.92 Å². The second kappa shape index (κ2) is 15.0. The second-order valence-corrected chi connectivity index (χ2v) is 4.01. The summed E-state index contributed by atoms with van der Waals surface area (Å²) in [5.41, 5.74) is 0.378. The number of hydrogen-bond acceptors (Lipinski definition) is 6. The standard InChI is InChI=1S/C15H24O6/c1-4-5-17-6-7-18-8-9-19-10-11-20-12-13-21-15(16)14(2)3/h1H,2,5-13H2,3H3. The van der Waals surface area contributed by atoms with Gasteiger partial charge < -0.3 is 23.7 Å². The Morgan fingerprint density at radius 3 is 1.76 bits per heavy atom. The molecule has 0 saturated carbocycles. The number of rotatable bonds is 14. The Labute approximate surface area is 126 Å². The van der Waals surface area contributed by atoms with E-state index in [0.717, 1.165) is 0 Å². The van der Waals surface area contributed by atoms with Crippen molar-refractivity contribution in [3.05, 3.63) is 12.2 Å². The molecule has 0 amide bonds. The number of hydrogen-bond donors (Lipinski definition) is 0. The first-order chi connectivity index (χ1) is 10.2. The zero-order valence-corrected chi connectivity index (χ0v) is 12.6. The van der Waals surface area contributed by atoms with Crippen molar-refractivity contribution in [2.45, 2.75) is 6.92 Å².